The van der Waals surface area contributed by atoms with E-state index in [4.69, 9.17) is 0 Å². The summed E-state index contributed by atoms with van der Waals surface area (Å²) in [6.45, 7) is 9.57. The van der Waals surface area contributed by atoms with Crippen molar-refractivity contribution in [1.29, 1.82) is 0 Å². The first-order chi connectivity index (χ1) is 13.5. The molecule has 0 unspecified atom stereocenters. The predicted molar refractivity (Wildman–Crippen MR) is 121 cm³/mol. The summed E-state index contributed by atoms with van der Waals surface area (Å²) in [6.07, 6.45) is 4.51. The number of nitrogens with zero attached hydrogens (tertiary/aromatic N) is 1. The second-order valence-corrected chi connectivity index (χ2v) is 8.42. The molecule has 0 heterocycles. The summed E-state index contributed by atoms with van der Waals surface area (Å²) >= 11 is 0. The van der Waals surface area contributed by atoms with E-state index in [9.17, 15) is 0 Å². The van der Waals surface area contributed by atoms with Crippen molar-refractivity contribution >= 4 is 6.08 Å². The van der Waals surface area contributed by atoms with Gasteiger partial charge in [0.25, 0.3) is 0 Å². The molecule has 0 spiro atoms. The maximum atomic E-state index is 2.48. The molecule has 0 fully saturated rings. The third-order valence-electron chi connectivity index (χ3n) is 4.95. The van der Waals surface area contributed by atoms with E-state index < -0.39 is 0 Å². The minimum atomic E-state index is 0.199. The molecule has 1 heteroatoms. The molecule has 3 aromatic carbocycles. The average molecular weight is 370 g/mol. The lowest BCUT2D eigenvalue weighted by molar-refractivity contribution is 0.286. The van der Waals surface area contributed by atoms with Crippen LogP contribution >= 0.6 is 0 Å². The van der Waals surface area contributed by atoms with Gasteiger partial charge in [-0.1, -0.05) is 118 Å². The van der Waals surface area contributed by atoms with Crippen LogP contribution in [0.5, 0.6) is 0 Å². The van der Waals surface area contributed by atoms with E-state index in [0.29, 0.717) is 0 Å². The average Bonchev–Trinajstić information content (AvgIpc) is 2.69. The van der Waals surface area contributed by atoms with Gasteiger partial charge in [0.1, 0.15) is 0 Å². The van der Waals surface area contributed by atoms with Crippen LogP contribution in [0.1, 0.15) is 43.0 Å². The van der Waals surface area contributed by atoms with Crippen LogP contribution in [0.3, 0.4) is 0 Å². The molecule has 28 heavy (non-hydrogen) atoms. The van der Waals surface area contributed by atoms with Crippen LogP contribution in [0.15, 0.2) is 91.0 Å². The van der Waals surface area contributed by atoms with Gasteiger partial charge in [0, 0.05) is 19.6 Å². The Labute approximate surface area is 170 Å². The predicted octanol–water partition coefficient (Wildman–Crippen LogP) is 6.70. The van der Waals surface area contributed by atoms with Gasteiger partial charge in [0.2, 0.25) is 0 Å². The molecule has 0 N–H and O–H groups in total. The molecule has 0 saturated heterocycles. The Hall–Kier alpha value is -2.64. The topological polar surface area (TPSA) is 3.24 Å². The van der Waals surface area contributed by atoms with Gasteiger partial charge in [-0.3, -0.25) is 4.90 Å². The summed E-state index contributed by atoms with van der Waals surface area (Å²) in [5.74, 6) is 0. The summed E-state index contributed by atoms with van der Waals surface area (Å²) in [7, 11) is 0. The Morgan fingerprint density at radius 1 is 0.679 bits per heavy atom. The molecule has 3 rings (SSSR count). The van der Waals surface area contributed by atoms with Gasteiger partial charge in [-0.25, -0.2) is 0 Å². The van der Waals surface area contributed by atoms with Gasteiger partial charge in [-0.05, 0) is 27.7 Å². The number of rotatable bonds is 7. The highest BCUT2D eigenvalue weighted by molar-refractivity contribution is 5.50. The van der Waals surface area contributed by atoms with E-state index in [-0.39, 0.29) is 5.41 Å². The SMILES string of the molecule is CC(C)(C)c1ccc(/C=C/CN(Cc2ccccc2)Cc2ccccc2)cc1. The van der Waals surface area contributed by atoms with E-state index in [0.717, 1.165) is 19.6 Å². The summed E-state index contributed by atoms with van der Waals surface area (Å²) < 4.78 is 0. The van der Waals surface area contributed by atoms with Crippen molar-refractivity contribution in [2.24, 2.45) is 0 Å². The van der Waals surface area contributed by atoms with Crippen LogP contribution in [0, 0.1) is 0 Å². The fourth-order valence-corrected chi connectivity index (χ4v) is 3.30. The molecule has 144 valence electrons. The summed E-state index contributed by atoms with van der Waals surface area (Å²) in [6, 6.07) is 30.3. The second kappa shape index (κ2) is 9.52. The lowest BCUT2D eigenvalue weighted by Crippen LogP contribution is -2.22. The molecule has 0 aliphatic carbocycles. The van der Waals surface area contributed by atoms with Crippen molar-refractivity contribution in [3.63, 3.8) is 0 Å². The summed E-state index contributed by atoms with van der Waals surface area (Å²) in [4.78, 5) is 2.48. The monoisotopic (exact) mass is 369 g/mol. The molecule has 0 bridgehead atoms. The quantitative estimate of drug-likeness (QED) is 0.448. The molecular formula is C27H31N. The fraction of sp³-hybridized carbons (Fsp3) is 0.259. The Morgan fingerprint density at radius 2 is 1.18 bits per heavy atom. The van der Waals surface area contributed by atoms with Gasteiger partial charge in [0.05, 0.1) is 0 Å². The molecule has 1 nitrogen and oxygen atoms in total. The molecule has 0 aromatic heterocycles. The number of benzene rings is 3. The fourth-order valence-electron chi connectivity index (χ4n) is 3.30. The van der Waals surface area contributed by atoms with Crippen LogP contribution in [-0.4, -0.2) is 11.4 Å². The first kappa shape index (κ1) is 20.1. The highest BCUT2D eigenvalue weighted by atomic mass is 15.1. The van der Waals surface area contributed by atoms with Gasteiger partial charge >= 0.3 is 0 Å². The van der Waals surface area contributed by atoms with Gasteiger partial charge in [-0.2, -0.15) is 0 Å². The number of hydrogen-bond donors (Lipinski definition) is 0. The smallest absolute Gasteiger partial charge is 0.0240 e. The third kappa shape index (κ3) is 6.21. The zero-order valence-corrected chi connectivity index (χ0v) is 17.3. The molecule has 0 radical (unpaired) electrons. The lowest BCUT2D eigenvalue weighted by atomic mass is 9.87. The molecule has 0 aliphatic rings. The highest BCUT2D eigenvalue weighted by Crippen LogP contribution is 2.22. The highest BCUT2D eigenvalue weighted by Gasteiger charge is 2.12. The standard InChI is InChI=1S/C27H31N/c1-27(2,3)26-18-16-23(17-19-26)15-10-20-28(21-24-11-6-4-7-12-24)22-25-13-8-5-9-14-25/h4-19H,20-22H2,1-3H3/b15-10+. The van der Waals surface area contributed by atoms with Crippen molar-refractivity contribution in [1.82, 2.24) is 4.90 Å². The Balaban J connectivity index is 1.67. The lowest BCUT2D eigenvalue weighted by Gasteiger charge is -2.21. The Bertz CT molecular complexity index is 814. The van der Waals surface area contributed by atoms with Crippen LogP contribution in [0.4, 0.5) is 0 Å². The number of hydrogen-bond acceptors (Lipinski definition) is 1. The van der Waals surface area contributed by atoms with Crippen LogP contribution in [-0.2, 0) is 18.5 Å². The van der Waals surface area contributed by atoms with Crippen LogP contribution in [0.2, 0.25) is 0 Å². The minimum Gasteiger partial charge on any atom is -0.291 e. The van der Waals surface area contributed by atoms with Crippen molar-refractivity contribution in [2.45, 2.75) is 39.3 Å². The maximum absolute atomic E-state index is 2.48. The summed E-state index contributed by atoms with van der Waals surface area (Å²) in [5.41, 5.74) is 5.53. The van der Waals surface area contributed by atoms with Crippen molar-refractivity contribution < 1.29 is 0 Å². The summed E-state index contributed by atoms with van der Waals surface area (Å²) in [5, 5.41) is 0. The normalized spacial score (nSPS) is 12.0. The maximum Gasteiger partial charge on any atom is 0.0240 e. The van der Waals surface area contributed by atoms with E-state index in [1.54, 1.807) is 0 Å². The minimum absolute atomic E-state index is 0.199. The first-order valence-electron chi connectivity index (χ1n) is 10.1. The van der Waals surface area contributed by atoms with E-state index in [2.05, 4.69) is 123 Å². The van der Waals surface area contributed by atoms with E-state index >= 15 is 0 Å². The molecular weight excluding hydrogens is 338 g/mol. The van der Waals surface area contributed by atoms with Crippen LogP contribution in [0.25, 0.3) is 6.08 Å². The molecule has 3 aromatic rings. The third-order valence-corrected chi connectivity index (χ3v) is 4.95. The van der Waals surface area contributed by atoms with Gasteiger partial charge in [0.15, 0.2) is 0 Å². The van der Waals surface area contributed by atoms with Gasteiger partial charge < -0.3 is 0 Å². The molecule has 0 aliphatic heterocycles. The van der Waals surface area contributed by atoms with Crippen molar-refractivity contribution in [2.75, 3.05) is 6.54 Å². The molecule has 0 saturated carbocycles. The van der Waals surface area contributed by atoms with Crippen molar-refractivity contribution in [3.8, 4) is 0 Å². The zero-order chi connectivity index (χ0) is 19.8. The Kier molecular flexibility index (Phi) is 6.84. The zero-order valence-electron chi connectivity index (χ0n) is 17.3. The van der Waals surface area contributed by atoms with Gasteiger partial charge in [-0.15, -0.1) is 0 Å². The van der Waals surface area contributed by atoms with Crippen molar-refractivity contribution in [3.05, 3.63) is 113 Å². The van der Waals surface area contributed by atoms with Crippen LogP contribution < -0.4 is 0 Å². The van der Waals surface area contributed by atoms with E-state index in [1.807, 2.05) is 0 Å². The first-order valence-corrected chi connectivity index (χ1v) is 10.1. The molecule has 0 atom stereocenters. The van der Waals surface area contributed by atoms with E-state index in [1.165, 1.54) is 22.3 Å². The Morgan fingerprint density at radius 3 is 1.64 bits per heavy atom. The second-order valence-electron chi connectivity index (χ2n) is 8.42. The molecule has 0 amide bonds. The largest absolute Gasteiger partial charge is 0.291 e.